The van der Waals surface area contributed by atoms with Crippen LogP contribution in [0.25, 0.3) is 0 Å². The highest BCUT2D eigenvalue weighted by atomic mass is 16.5. The highest BCUT2D eigenvalue weighted by Crippen LogP contribution is 2.25. The maximum atomic E-state index is 12.4. The number of carbonyl (C=O) groups excluding carboxylic acids is 2. The number of benzene rings is 2. The molecule has 0 bridgehead atoms. The fourth-order valence-corrected chi connectivity index (χ4v) is 3.18. The first kappa shape index (κ1) is 22.6. The Morgan fingerprint density at radius 2 is 2.03 bits per heavy atom. The van der Waals surface area contributed by atoms with Crippen molar-refractivity contribution in [3.05, 3.63) is 54.1 Å². The topological polar surface area (TPSA) is 97.9 Å². The van der Waals surface area contributed by atoms with Crippen LogP contribution in [0.4, 0.5) is 11.4 Å². The Kier molecular flexibility index (Phi) is 8.69. The van der Waals surface area contributed by atoms with Gasteiger partial charge in [-0.2, -0.15) is 0 Å². The molecule has 166 valence electrons. The van der Waals surface area contributed by atoms with Crippen molar-refractivity contribution < 1.29 is 23.8 Å². The minimum Gasteiger partial charge on any atom is -0.489 e. The normalized spacial score (nSPS) is 15.3. The molecule has 2 aromatic rings. The van der Waals surface area contributed by atoms with E-state index in [0.29, 0.717) is 36.8 Å². The summed E-state index contributed by atoms with van der Waals surface area (Å²) >= 11 is 0. The molecule has 8 heteroatoms. The van der Waals surface area contributed by atoms with Crippen molar-refractivity contribution in [1.82, 2.24) is 5.32 Å². The van der Waals surface area contributed by atoms with Crippen LogP contribution in [0, 0.1) is 0 Å². The number of para-hydroxylation sites is 2. The van der Waals surface area contributed by atoms with Gasteiger partial charge in [-0.15, -0.1) is 0 Å². The minimum absolute atomic E-state index is 0.0601. The zero-order chi connectivity index (χ0) is 21.9. The predicted octanol–water partition coefficient (Wildman–Crippen LogP) is 2.67. The second-order valence-electron chi connectivity index (χ2n) is 7.17. The van der Waals surface area contributed by atoms with Gasteiger partial charge < -0.3 is 30.2 Å². The van der Waals surface area contributed by atoms with E-state index in [9.17, 15) is 9.59 Å². The van der Waals surface area contributed by atoms with E-state index >= 15 is 0 Å². The van der Waals surface area contributed by atoms with Crippen LogP contribution in [0.1, 0.15) is 23.2 Å². The number of amides is 2. The van der Waals surface area contributed by atoms with Crippen LogP contribution in [-0.2, 0) is 14.3 Å². The molecule has 1 aliphatic rings. The van der Waals surface area contributed by atoms with Gasteiger partial charge in [0.15, 0.2) is 0 Å². The fraction of sp³-hybridized carbons (Fsp3) is 0.391. The molecule has 2 amide bonds. The Morgan fingerprint density at radius 3 is 2.84 bits per heavy atom. The number of hydrogen-bond donors (Lipinski definition) is 3. The van der Waals surface area contributed by atoms with E-state index in [1.54, 1.807) is 31.4 Å². The molecule has 0 saturated carbocycles. The lowest BCUT2D eigenvalue weighted by atomic mass is 10.2. The summed E-state index contributed by atoms with van der Waals surface area (Å²) in [7, 11) is 1.57. The SMILES string of the molecule is COCCNC(=O)c1cccc(NC(=O)CNc2ccccc2OCC2CCCO2)c1. The summed E-state index contributed by atoms with van der Waals surface area (Å²) in [5, 5.41) is 8.67. The van der Waals surface area contributed by atoms with Gasteiger partial charge in [0.25, 0.3) is 5.91 Å². The van der Waals surface area contributed by atoms with Crippen LogP contribution in [-0.4, -0.2) is 57.9 Å². The first-order chi connectivity index (χ1) is 15.2. The summed E-state index contributed by atoms with van der Waals surface area (Å²) in [5.74, 6) is 0.231. The smallest absolute Gasteiger partial charge is 0.251 e. The van der Waals surface area contributed by atoms with Crippen LogP contribution in [0.15, 0.2) is 48.5 Å². The molecule has 1 aliphatic heterocycles. The van der Waals surface area contributed by atoms with Crippen molar-refractivity contribution >= 4 is 23.2 Å². The molecule has 31 heavy (non-hydrogen) atoms. The number of hydrogen-bond acceptors (Lipinski definition) is 6. The maximum Gasteiger partial charge on any atom is 0.251 e. The van der Waals surface area contributed by atoms with Gasteiger partial charge in [-0.1, -0.05) is 18.2 Å². The van der Waals surface area contributed by atoms with E-state index in [-0.39, 0.29) is 24.5 Å². The van der Waals surface area contributed by atoms with E-state index in [0.717, 1.165) is 25.1 Å². The van der Waals surface area contributed by atoms with Gasteiger partial charge in [0.2, 0.25) is 5.91 Å². The van der Waals surface area contributed by atoms with Gasteiger partial charge in [0.1, 0.15) is 12.4 Å². The molecular formula is C23H29N3O5. The van der Waals surface area contributed by atoms with E-state index in [1.807, 2.05) is 24.3 Å². The number of rotatable bonds is 11. The molecule has 1 fully saturated rings. The number of methoxy groups -OCH3 is 1. The second-order valence-corrected chi connectivity index (χ2v) is 7.17. The van der Waals surface area contributed by atoms with Crippen LogP contribution < -0.4 is 20.7 Å². The largest absolute Gasteiger partial charge is 0.489 e. The van der Waals surface area contributed by atoms with Crippen molar-refractivity contribution in [3.8, 4) is 5.75 Å². The van der Waals surface area contributed by atoms with Gasteiger partial charge in [-0.05, 0) is 43.2 Å². The third-order valence-corrected chi connectivity index (χ3v) is 4.78. The summed E-state index contributed by atoms with van der Waals surface area (Å²) < 4.78 is 16.4. The molecule has 1 atom stereocenters. The molecule has 0 aliphatic carbocycles. The highest BCUT2D eigenvalue weighted by Gasteiger charge is 2.17. The van der Waals surface area contributed by atoms with Crippen LogP contribution in [0.2, 0.25) is 0 Å². The van der Waals surface area contributed by atoms with E-state index in [4.69, 9.17) is 14.2 Å². The third-order valence-electron chi connectivity index (χ3n) is 4.78. The molecule has 1 heterocycles. The van der Waals surface area contributed by atoms with Gasteiger partial charge in [0.05, 0.1) is 24.9 Å². The fourth-order valence-electron chi connectivity index (χ4n) is 3.18. The second kappa shape index (κ2) is 11.9. The third kappa shape index (κ3) is 7.27. The van der Waals surface area contributed by atoms with Gasteiger partial charge >= 0.3 is 0 Å². The van der Waals surface area contributed by atoms with Gasteiger partial charge in [-0.25, -0.2) is 0 Å². The number of anilines is 2. The van der Waals surface area contributed by atoms with Crippen LogP contribution >= 0.6 is 0 Å². The zero-order valence-corrected chi connectivity index (χ0v) is 17.7. The minimum atomic E-state index is -0.231. The summed E-state index contributed by atoms with van der Waals surface area (Å²) in [4.78, 5) is 24.6. The van der Waals surface area contributed by atoms with E-state index < -0.39 is 0 Å². The molecule has 3 rings (SSSR count). The molecule has 1 saturated heterocycles. The van der Waals surface area contributed by atoms with Crippen molar-refractivity contribution in [3.63, 3.8) is 0 Å². The van der Waals surface area contributed by atoms with Crippen molar-refractivity contribution in [2.24, 2.45) is 0 Å². The molecule has 0 radical (unpaired) electrons. The van der Waals surface area contributed by atoms with E-state index in [2.05, 4.69) is 16.0 Å². The van der Waals surface area contributed by atoms with E-state index in [1.165, 1.54) is 0 Å². The Labute approximate surface area is 182 Å². The Bertz CT molecular complexity index is 868. The average molecular weight is 428 g/mol. The highest BCUT2D eigenvalue weighted by molar-refractivity contribution is 5.98. The summed E-state index contributed by atoms with van der Waals surface area (Å²) in [5.41, 5.74) is 1.76. The van der Waals surface area contributed by atoms with Gasteiger partial charge in [-0.3, -0.25) is 9.59 Å². The first-order valence-electron chi connectivity index (χ1n) is 10.4. The molecule has 8 nitrogen and oxygen atoms in total. The van der Waals surface area contributed by atoms with Crippen LogP contribution in [0.3, 0.4) is 0 Å². The van der Waals surface area contributed by atoms with Crippen LogP contribution in [0.5, 0.6) is 5.75 Å². The molecule has 1 unspecified atom stereocenters. The first-order valence-corrected chi connectivity index (χ1v) is 10.4. The van der Waals surface area contributed by atoms with Crippen molar-refractivity contribution in [1.29, 1.82) is 0 Å². The standard InChI is InChI=1S/C23H29N3O5/c1-29-13-11-24-23(28)17-6-4-7-18(14-17)26-22(27)15-25-20-9-2-3-10-21(20)31-16-19-8-5-12-30-19/h2-4,6-7,9-10,14,19,25H,5,8,11-13,15-16H2,1H3,(H,24,28)(H,26,27). The molecular weight excluding hydrogens is 398 g/mol. The average Bonchev–Trinajstić information content (AvgIpc) is 3.31. The monoisotopic (exact) mass is 427 g/mol. The Balaban J connectivity index is 1.50. The maximum absolute atomic E-state index is 12.4. The Morgan fingerprint density at radius 1 is 1.16 bits per heavy atom. The molecule has 3 N–H and O–H groups in total. The summed E-state index contributed by atoms with van der Waals surface area (Å²) in [6.07, 6.45) is 2.18. The Hall–Kier alpha value is -3.10. The van der Waals surface area contributed by atoms with Gasteiger partial charge in [0, 0.05) is 31.5 Å². The predicted molar refractivity (Wildman–Crippen MR) is 119 cm³/mol. The zero-order valence-electron chi connectivity index (χ0n) is 17.7. The number of carbonyl (C=O) groups is 2. The van der Waals surface area contributed by atoms with Crippen molar-refractivity contribution in [2.45, 2.75) is 18.9 Å². The lowest BCUT2D eigenvalue weighted by Crippen LogP contribution is -2.27. The molecule has 2 aromatic carbocycles. The summed E-state index contributed by atoms with van der Waals surface area (Å²) in [6.45, 7) is 2.19. The van der Waals surface area contributed by atoms with Crippen molar-refractivity contribution in [2.75, 3.05) is 50.7 Å². The number of ether oxygens (including phenoxy) is 3. The quantitative estimate of drug-likeness (QED) is 0.477. The summed E-state index contributed by atoms with van der Waals surface area (Å²) in [6, 6.07) is 14.3. The lowest BCUT2D eigenvalue weighted by molar-refractivity contribution is -0.114. The molecule has 0 spiro atoms. The number of nitrogens with one attached hydrogen (secondary N) is 3. The molecule has 0 aromatic heterocycles. The lowest BCUT2D eigenvalue weighted by Gasteiger charge is -2.15.